The molecule has 1 unspecified atom stereocenters. The number of nitrogens with zero attached hydrogens (tertiary/aromatic N) is 2. The fourth-order valence-electron chi connectivity index (χ4n) is 5.08. The highest BCUT2D eigenvalue weighted by molar-refractivity contribution is 6.06. The van der Waals surface area contributed by atoms with Gasteiger partial charge >= 0.3 is 5.97 Å². The van der Waals surface area contributed by atoms with Crippen molar-refractivity contribution in [2.45, 2.75) is 58.6 Å². The van der Waals surface area contributed by atoms with Crippen LogP contribution >= 0.6 is 0 Å². The fraction of sp³-hybridized carbons (Fsp3) is 0.423. The van der Waals surface area contributed by atoms with E-state index in [1.807, 2.05) is 44.2 Å². The predicted octanol–water partition coefficient (Wildman–Crippen LogP) is 4.36. The molecule has 0 radical (unpaired) electrons. The molecule has 2 aliphatic rings. The maximum atomic E-state index is 13.1. The summed E-state index contributed by atoms with van der Waals surface area (Å²) < 4.78 is 13.5. The van der Waals surface area contributed by atoms with Gasteiger partial charge in [-0.05, 0) is 63.6 Å². The number of esters is 1. The fourth-order valence-corrected chi connectivity index (χ4v) is 5.08. The summed E-state index contributed by atoms with van der Waals surface area (Å²) in [5, 5.41) is 0.792. The van der Waals surface area contributed by atoms with Crippen molar-refractivity contribution in [3.63, 3.8) is 0 Å². The standard InChI is InChI=1S/C26H28N2O4/c1-16-13-21(17(2)28(16)14-18-7-6-12-31-18)24(29)15-32-26(30)25-19-8-3-4-10-22(19)27-23-11-5-9-20(23)25/h3-4,8,10,13,18H,5-7,9,11-12,14-15H2,1-2H3. The Kier molecular flexibility index (Phi) is 5.55. The van der Waals surface area contributed by atoms with Gasteiger partial charge in [-0.2, -0.15) is 0 Å². The molecule has 32 heavy (non-hydrogen) atoms. The van der Waals surface area contributed by atoms with Crippen molar-refractivity contribution in [2.75, 3.05) is 13.2 Å². The molecule has 5 rings (SSSR count). The monoisotopic (exact) mass is 432 g/mol. The van der Waals surface area contributed by atoms with Crippen molar-refractivity contribution in [1.82, 2.24) is 9.55 Å². The lowest BCUT2D eigenvalue weighted by Crippen LogP contribution is -2.19. The number of pyridine rings is 1. The molecule has 0 spiro atoms. The molecular formula is C26H28N2O4. The van der Waals surface area contributed by atoms with Crippen LogP contribution in [-0.4, -0.2) is 40.6 Å². The highest BCUT2D eigenvalue weighted by Gasteiger charge is 2.26. The first-order valence-electron chi connectivity index (χ1n) is 11.4. The number of Topliss-reactive ketones (excluding diaryl/α,β-unsaturated/α-hetero) is 1. The van der Waals surface area contributed by atoms with E-state index in [0.717, 1.165) is 78.8 Å². The Morgan fingerprint density at radius 2 is 2.03 bits per heavy atom. The number of aryl methyl sites for hydroxylation is 2. The predicted molar refractivity (Wildman–Crippen MR) is 121 cm³/mol. The molecule has 2 aromatic heterocycles. The highest BCUT2D eigenvalue weighted by Crippen LogP contribution is 2.30. The second kappa shape index (κ2) is 8.51. The Hall–Kier alpha value is -2.99. The van der Waals surface area contributed by atoms with Gasteiger partial charge in [0.25, 0.3) is 0 Å². The van der Waals surface area contributed by atoms with E-state index in [0.29, 0.717) is 11.1 Å². The second-order valence-corrected chi connectivity index (χ2v) is 8.81. The van der Waals surface area contributed by atoms with Crippen molar-refractivity contribution in [2.24, 2.45) is 0 Å². The maximum absolute atomic E-state index is 13.1. The van der Waals surface area contributed by atoms with E-state index >= 15 is 0 Å². The number of ketones is 1. The van der Waals surface area contributed by atoms with Gasteiger partial charge in [0.15, 0.2) is 6.61 Å². The average molecular weight is 433 g/mol. The molecule has 6 heteroatoms. The molecule has 1 aromatic carbocycles. The summed E-state index contributed by atoms with van der Waals surface area (Å²) in [6.07, 6.45) is 4.99. The minimum absolute atomic E-state index is 0.181. The minimum Gasteiger partial charge on any atom is -0.454 e. The van der Waals surface area contributed by atoms with Gasteiger partial charge in [-0.15, -0.1) is 0 Å². The van der Waals surface area contributed by atoms with Crippen LogP contribution in [-0.2, 0) is 28.9 Å². The SMILES string of the molecule is Cc1cc(C(=O)COC(=O)c2c3c(nc4ccccc24)CCC3)c(C)n1CC1CCCO1. The zero-order valence-electron chi connectivity index (χ0n) is 18.6. The number of hydrogen-bond donors (Lipinski definition) is 0. The normalized spacial score (nSPS) is 17.6. The van der Waals surface area contributed by atoms with Crippen LogP contribution in [0.5, 0.6) is 0 Å². The first-order chi connectivity index (χ1) is 15.5. The number of benzene rings is 1. The lowest BCUT2D eigenvalue weighted by Gasteiger charge is -2.15. The molecule has 166 valence electrons. The molecule has 0 amide bonds. The van der Waals surface area contributed by atoms with Crippen LogP contribution in [0.4, 0.5) is 0 Å². The van der Waals surface area contributed by atoms with Crippen LogP contribution < -0.4 is 0 Å². The van der Waals surface area contributed by atoms with Crippen LogP contribution in [0.1, 0.15) is 62.6 Å². The van der Waals surface area contributed by atoms with Crippen molar-refractivity contribution in [1.29, 1.82) is 0 Å². The number of fused-ring (bicyclic) bond motifs is 2. The van der Waals surface area contributed by atoms with Crippen LogP contribution in [0.25, 0.3) is 10.9 Å². The zero-order chi connectivity index (χ0) is 22.2. The molecule has 3 aromatic rings. The van der Waals surface area contributed by atoms with E-state index in [9.17, 15) is 9.59 Å². The van der Waals surface area contributed by atoms with Crippen molar-refractivity contribution < 1.29 is 19.1 Å². The third-order valence-electron chi connectivity index (χ3n) is 6.74. The van der Waals surface area contributed by atoms with Crippen LogP contribution in [0, 0.1) is 13.8 Å². The number of para-hydroxylation sites is 1. The van der Waals surface area contributed by atoms with Gasteiger partial charge in [0, 0.05) is 41.2 Å². The molecule has 0 bridgehead atoms. The Morgan fingerprint density at radius 1 is 1.19 bits per heavy atom. The van der Waals surface area contributed by atoms with E-state index in [4.69, 9.17) is 14.5 Å². The Labute approximate surface area is 187 Å². The quantitative estimate of drug-likeness (QED) is 0.428. The molecule has 3 heterocycles. The summed E-state index contributed by atoms with van der Waals surface area (Å²) in [5.41, 5.74) is 5.83. The lowest BCUT2D eigenvalue weighted by molar-refractivity contribution is 0.0475. The third-order valence-corrected chi connectivity index (χ3v) is 6.74. The summed E-state index contributed by atoms with van der Waals surface area (Å²) in [7, 11) is 0. The Balaban J connectivity index is 1.35. The number of carbonyl (C=O) groups excluding carboxylic acids is 2. The largest absolute Gasteiger partial charge is 0.454 e. The van der Waals surface area contributed by atoms with Gasteiger partial charge in [0.1, 0.15) is 0 Å². The molecule has 1 fully saturated rings. The Bertz CT molecular complexity index is 1200. The van der Waals surface area contributed by atoms with Gasteiger partial charge in [-0.3, -0.25) is 9.78 Å². The van der Waals surface area contributed by atoms with Crippen molar-refractivity contribution in [3.8, 4) is 0 Å². The molecule has 0 N–H and O–H groups in total. The van der Waals surface area contributed by atoms with Gasteiger partial charge in [-0.1, -0.05) is 18.2 Å². The topological polar surface area (TPSA) is 70.4 Å². The molecular weight excluding hydrogens is 404 g/mol. The van der Waals surface area contributed by atoms with Crippen LogP contribution in [0.3, 0.4) is 0 Å². The summed E-state index contributed by atoms with van der Waals surface area (Å²) >= 11 is 0. The number of rotatable bonds is 6. The van der Waals surface area contributed by atoms with Gasteiger partial charge in [0.2, 0.25) is 5.78 Å². The smallest absolute Gasteiger partial charge is 0.339 e. The molecule has 1 aliphatic carbocycles. The van der Waals surface area contributed by atoms with Crippen LogP contribution in [0.2, 0.25) is 0 Å². The number of hydrogen-bond acceptors (Lipinski definition) is 5. The Morgan fingerprint density at radius 3 is 2.84 bits per heavy atom. The first-order valence-corrected chi connectivity index (χ1v) is 11.4. The molecule has 0 saturated carbocycles. The van der Waals surface area contributed by atoms with Crippen LogP contribution in [0.15, 0.2) is 30.3 Å². The van der Waals surface area contributed by atoms with E-state index in [-0.39, 0.29) is 18.5 Å². The molecule has 1 aliphatic heterocycles. The van der Waals surface area contributed by atoms with Gasteiger partial charge in [0.05, 0.1) is 17.2 Å². The second-order valence-electron chi connectivity index (χ2n) is 8.81. The summed E-state index contributed by atoms with van der Waals surface area (Å²) in [6, 6.07) is 9.52. The van der Waals surface area contributed by atoms with Crippen molar-refractivity contribution in [3.05, 3.63) is 64.1 Å². The maximum Gasteiger partial charge on any atom is 0.339 e. The molecule has 6 nitrogen and oxygen atoms in total. The van der Waals surface area contributed by atoms with E-state index in [1.54, 1.807) is 0 Å². The molecule has 1 saturated heterocycles. The van der Waals surface area contributed by atoms with Gasteiger partial charge < -0.3 is 14.0 Å². The number of aromatic nitrogens is 2. The average Bonchev–Trinajstić information content (AvgIpc) is 3.53. The van der Waals surface area contributed by atoms with Gasteiger partial charge in [-0.25, -0.2) is 4.79 Å². The van der Waals surface area contributed by atoms with E-state index in [2.05, 4.69) is 4.57 Å². The van der Waals surface area contributed by atoms with E-state index < -0.39 is 5.97 Å². The summed E-state index contributed by atoms with van der Waals surface area (Å²) in [5.74, 6) is -0.622. The summed E-state index contributed by atoms with van der Waals surface area (Å²) in [4.78, 5) is 30.8. The molecule has 1 atom stereocenters. The third kappa shape index (κ3) is 3.73. The number of ether oxygens (including phenoxy) is 2. The van der Waals surface area contributed by atoms with E-state index in [1.165, 1.54) is 0 Å². The highest BCUT2D eigenvalue weighted by atomic mass is 16.5. The number of carbonyl (C=O) groups is 2. The van der Waals surface area contributed by atoms with Crippen molar-refractivity contribution >= 4 is 22.7 Å². The minimum atomic E-state index is -0.441. The zero-order valence-corrected chi connectivity index (χ0v) is 18.6. The first kappa shape index (κ1) is 20.9. The summed E-state index contributed by atoms with van der Waals surface area (Å²) in [6.45, 7) is 5.23. The lowest BCUT2D eigenvalue weighted by atomic mass is 10.0.